The second kappa shape index (κ2) is 4.57. The zero-order chi connectivity index (χ0) is 11.5. The second-order valence-corrected chi connectivity index (χ2v) is 4.05. The Hall–Kier alpha value is -1.16. The minimum Gasteiger partial charge on any atom is -0.481 e. The van der Waals surface area contributed by atoms with Crippen molar-refractivity contribution in [1.82, 2.24) is 9.97 Å². The lowest BCUT2D eigenvalue weighted by Crippen LogP contribution is -2.29. The molecule has 0 bridgehead atoms. The van der Waals surface area contributed by atoms with E-state index in [-0.39, 0.29) is 5.28 Å². The van der Waals surface area contributed by atoms with Gasteiger partial charge < -0.3 is 5.11 Å². The molecule has 1 aromatic rings. The Balaban J connectivity index is 2.89. The van der Waals surface area contributed by atoms with Crippen LogP contribution in [0.4, 0.5) is 0 Å². The number of nitrogens with zero attached hydrogens (tertiary/aromatic N) is 2. The Morgan fingerprint density at radius 2 is 2.33 bits per heavy atom. The van der Waals surface area contributed by atoms with Gasteiger partial charge in [-0.05, 0) is 31.0 Å². The molecule has 0 spiro atoms. The number of rotatable bonds is 4. The summed E-state index contributed by atoms with van der Waals surface area (Å²) in [5.74, 6) is -0.820. The summed E-state index contributed by atoms with van der Waals surface area (Å²) in [6.07, 6.45) is 2.44. The molecule has 0 fully saturated rings. The summed E-state index contributed by atoms with van der Waals surface area (Å²) in [5.41, 5.74) is -0.140. The van der Waals surface area contributed by atoms with Gasteiger partial charge in [-0.1, -0.05) is 6.92 Å². The summed E-state index contributed by atoms with van der Waals surface area (Å²) < 4.78 is 0. The van der Waals surface area contributed by atoms with Crippen molar-refractivity contribution in [3.63, 3.8) is 0 Å². The second-order valence-electron chi connectivity index (χ2n) is 3.71. The van der Waals surface area contributed by atoms with Gasteiger partial charge in [0.15, 0.2) is 0 Å². The summed E-state index contributed by atoms with van der Waals surface area (Å²) in [6, 6.07) is 1.68. The lowest BCUT2D eigenvalue weighted by Gasteiger charge is -2.22. The Morgan fingerprint density at radius 3 is 2.80 bits per heavy atom. The molecule has 1 rings (SSSR count). The first-order valence-electron chi connectivity index (χ1n) is 4.69. The van der Waals surface area contributed by atoms with Gasteiger partial charge in [0.05, 0.1) is 5.41 Å². The van der Waals surface area contributed by atoms with E-state index in [0.29, 0.717) is 18.5 Å². The molecule has 1 N–H and O–H groups in total. The van der Waals surface area contributed by atoms with Crippen molar-refractivity contribution < 1.29 is 9.90 Å². The smallest absolute Gasteiger partial charge is 0.309 e. The molecule has 0 amide bonds. The van der Waals surface area contributed by atoms with E-state index >= 15 is 0 Å². The van der Waals surface area contributed by atoms with Crippen molar-refractivity contribution in [3.8, 4) is 0 Å². The van der Waals surface area contributed by atoms with Gasteiger partial charge in [-0.3, -0.25) is 4.79 Å². The molecule has 0 aliphatic rings. The molecule has 4 nitrogen and oxygen atoms in total. The maximum Gasteiger partial charge on any atom is 0.309 e. The molecule has 0 saturated heterocycles. The van der Waals surface area contributed by atoms with Crippen molar-refractivity contribution in [2.75, 3.05) is 0 Å². The minimum absolute atomic E-state index is 0.149. The summed E-state index contributed by atoms with van der Waals surface area (Å²) >= 11 is 5.63. The van der Waals surface area contributed by atoms with Gasteiger partial charge in [-0.25, -0.2) is 9.97 Å². The summed E-state index contributed by atoms with van der Waals surface area (Å²) in [4.78, 5) is 18.8. The molecular formula is C10H13ClN2O2. The van der Waals surface area contributed by atoms with E-state index in [1.54, 1.807) is 13.0 Å². The number of hydrogen-bond acceptors (Lipinski definition) is 3. The molecule has 0 aliphatic heterocycles. The summed E-state index contributed by atoms with van der Waals surface area (Å²) in [6.45, 7) is 3.54. The number of aromatic nitrogens is 2. The first-order valence-corrected chi connectivity index (χ1v) is 5.06. The van der Waals surface area contributed by atoms with Crippen LogP contribution >= 0.6 is 11.6 Å². The van der Waals surface area contributed by atoms with Crippen LogP contribution in [0.1, 0.15) is 26.0 Å². The minimum atomic E-state index is -0.820. The third-order valence-electron chi connectivity index (χ3n) is 2.55. The third kappa shape index (κ3) is 2.89. The maximum absolute atomic E-state index is 11.1. The van der Waals surface area contributed by atoms with E-state index in [9.17, 15) is 4.79 Å². The van der Waals surface area contributed by atoms with Crippen LogP contribution in [0.3, 0.4) is 0 Å². The lowest BCUT2D eigenvalue weighted by atomic mass is 9.83. The van der Waals surface area contributed by atoms with E-state index < -0.39 is 11.4 Å². The molecule has 15 heavy (non-hydrogen) atoms. The summed E-state index contributed by atoms with van der Waals surface area (Å²) in [7, 11) is 0. The molecule has 82 valence electrons. The van der Waals surface area contributed by atoms with Gasteiger partial charge >= 0.3 is 5.97 Å². The normalized spacial score (nSPS) is 14.6. The Labute approximate surface area is 93.3 Å². The van der Waals surface area contributed by atoms with Crippen molar-refractivity contribution in [2.45, 2.75) is 26.7 Å². The average Bonchev–Trinajstić information content (AvgIpc) is 2.17. The van der Waals surface area contributed by atoms with Crippen molar-refractivity contribution in [2.24, 2.45) is 5.41 Å². The SMILES string of the molecule is CC[C@@](C)(Cc1ccnc(Cl)n1)C(=O)O. The molecule has 0 aliphatic carbocycles. The largest absolute Gasteiger partial charge is 0.481 e. The molecule has 1 atom stereocenters. The van der Waals surface area contributed by atoms with Crippen molar-refractivity contribution in [3.05, 3.63) is 23.2 Å². The Bertz CT molecular complexity index is 370. The van der Waals surface area contributed by atoms with E-state index in [1.165, 1.54) is 6.20 Å². The van der Waals surface area contributed by atoms with Crippen LogP contribution < -0.4 is 0 Å². The zero-order valence-corrected chi connectivity index (χ0v) is 9.45. The standard InChI is InChI=1S/C10H13ClN2O2/c1-3-10(2,8(14)15)6-7-4-5-12-9(11)13-7/h4-5H,3,6H2,1-2H3,(H,14,15)/t10-/m0/s1. The number of hydrogen-bond donors (Lipinski definition) is 1. The Kier molecular flexibility index (Phi) is 3.63. The Morgan fingerprint density at radius 1 is 1.67 bits per heavy atom. The third-order valence-corrected chi connectivity index (χ3v) is 2.73. The van der Waals surface area contributed by atoms with Crippen LogP contribution in [0.25, 0.3) is 0 Å². The van der Waals surface area contributed by atoms with Gasteiger partial charge in [-0.2, -0.15) is 0 Å². The van der Waals surface area contributed by atoms with E-state index in [0.717, 1.165) is 0 Å². The molecule has 0 radical (unpaired) electrons. The fourth-order valence-electron chi connectivity index (χ4n) is 1.22. The number of aliphatic carboxylic acids is 1. The highest BCUT2D eigenvalue weighted by Crippen LogP contribution is 2.26. The maximum atomic E-state index is 11.1. The average molecular weight is 229 g/mol. The molecule has 0 saturated carbocycles. The lowest BCUT2D eigenvalue weighted by molar-refractivity contribution is -0.148. The first kappa shape index (κ1) is 11.9. The predicted octanol–water partition coefficient (Wildman–Crippen LogP) is 2.17. The van der Waals surface area contributed by atoms with Crippen molar-refractivity contribution in [1.29, 1.82) is 0 Å². The number of carbonyl (C=O) groups is 1. The molecule has 0 aromatic carbocycles. The molecular weight excluding hydrogens is 216 g/mol. The van der Waals surface area contributed by atoms with Gasteiger partial charge in [0, 0.05) is 18.3 Å². The van der Waals surface area contributed by atoms with Crippen LogP contribution in [0.2, 0.25) is 5.28 Å². The van der Waals surface area contributed by atoms with Crippen LogP contribution in [0.5, 0.6) is 0 Å². The molecule has 1 aromatic heterocycles. The van der Waals surface area contributed by atoms with E-state index in [1.807, 2.05) is 6.92 Å². The predicted molar refractivity (Wildman–Crippen MR) is 56.8 cm³/mol. The highest BCUT2D eigenvalue weighted by Gasteiger charge is 2.31. The van der Waals surface area contributed by atoms with E-state index in [2.05, 4.69) is 9.97 Å². The van der Waals surface area contributed by atoms with Crippen LogP contribution in [-0.4, -0.2) is 21.0 Å². The highest BCUT2D eigenvalue weighted by molar-refractivity contribution is 6.28. The van der Waals surface area contributed by atoms with Gasteiger partial charge in [0.2, 0.25) is 5.28 Å². The number of halogens is 1. The molecule has 0 unspecified atom stereocenters. The van der Waals surface area contributed by atoms with Gasteiger partial charge in [0.25, 0.3) is 0 Å². The van der Waals surface area contributed by atoms with Crippen LogP contribution in [-0.2, 0) is 11.2 Å². The van der Waals surface area contributed by atoms with Crippen LogP contribution in [0.15, 0.2) is 12.3 Å². The van der Waals surface area contributed by atoms with Gasteiger partial charge in [0.1, 0.15) is 0 Å². The molecule has 1 heterocycles. The van der Waals surface area contributed by atoms with Crippen molar-refractivity contribution >= 4 is 17.6 Å². The molecule has 5 heteroatoms. The van der Waals surface area contributed by atoms with E-state index in [4.69, 9.17) is 16.7 Å². The van der Waals surface area contributed by atoms with Gasteiger partial charge in [-0.15, -0.1) is 0 Å². The number of carboxylic acids is 1. The monoisotopic (exact) mass is 228 g/mol. The first-order chi connectivity index (χ1) is 6.98. The fourth-order valence-corrected chi connectivity index (χ4v) is 1.38. The quantitative estimate of drug-likeness (QED) is 0.803. The van der Waals surface area contributed by atoms with Crippen LogP contribution in [0, 0.1) is 5.41 Å². The fraction of sp³-hybridized carbons (Fsp3) is 0.500. The number of carboxylic acid groups (broad SMARTS) is 1. The topological polar surface area (TPSA) is 63.1 Å². The highest BCUT2D eigenvalue weighted by atomic mass is 35.5. The zero-order valence-electron chi connectivity index (χ0n) is 8.70. The summed E-state index contributed by atoms with van der Waals surface area (Å²) in [5, 5.41) is 9.24.